The van der Waals surface area contributed by atoms with Gasteiger partial charge in [-0.1, -0.05) is 0 Å². The molecule has 0 aliphatic heterocycles. The van der Waals surface area contributed by atoms with Crippen LogP contribution in [0, 0.1) is 0 Å². The van der Waals surface area contributed by atoms with Gasteiger partial charge in [-0.05, 0) is 0 Å². The Labute approximate surface area is 84.1 Å². The predicted octanol–water partition coefficient (Wildman–Crippen LogP) is 1.39. The summed E-state index contributed by atoms with van der Waals surface area (Å²) in [6.07, 6.45) is -6.68. The van der Waals surface area contributed by atoms with E-state index in [9.17, 15) is 43.9 Å². The van der Waals surface area contributed by atoms with Gasteiger partial charge in [-0.25, -0.2) is 8.42 Å². The van der Waals surface area contributed by atoms with Crippen LogP contribution < -0.4 is 0 Å². The molecule has 0 atom stereocenters. The summed E-state index contributed by atoms with van der Waals surface area (Å²) in [5.41, 5.74) is 0. The maximum Gasteiger partial charge on any atom is 0.456 e. The minimum Gasteiger partial charge on any atom is -0.282 e. The lowest BCUT2D eigenvalue weighted by Gasteiger charge is -2.24. The van der Waals surface area contributed by atoms with E-state index in [1.165, 1.54) is 0 Å². The second-order valence-corrected chi connectivity index (χ2v) is 4.75. The fraction of sp³-hybridized carbons (Fsp3) is 0.800. The Balaban J connectivity index is 5.65. The van der Waals surface area contributed by atoms with Crippen LogP contribution >= 0.6 is 0 Å². The third-order valence-corrected chi connectivity index (χ3v) is 2.56. The molecule has 0 aromatic heterocycles. The van der Waals surface area contributed by atoms with Gasteiger partial charge in [0.15, 0.2) is 0 Å². The van der Waals surface area contributed by atoms with Gasteiger partial charge < -0.3 is 0 Å². The van der Waals surface area contributed by atoms with E-state index in [-0.39, 0.29) is 0 Å². The zero-order valence-corrected chi connectivity index (χ0v) is 8.10. The number of ketones is 1. The molecular formula is C5H3F7O3S. The predicted molar refractivity (Wildman–Crippen MR) is 35.8 cm³/mol. The van der Waals surface area contributed by atoms with Crippen LogP contribution in [-0.2, 0) is 14.6 Å². The lowest BCUT2D eigenvalue weighted by Crippen LogP contribution is -2.55. The van der Waals surface area contributed by atoms with Gasteiger partial charge >= 0.3 is 23.1 Å². The van der Waals surface area contributed by atoms with Crippen LogP contribution in [0.5, 0.6) is 0 Å². The summed E-state index contributed by atoms with van der Waals surface area (Å²) in [5.74, 6) is -10.5. The summed E-state index contributed by atoms with van der Waals surface area (Å²) in [4.78, 5) is 9.96. The van der Waals surface area contributed by atoms with Crippen LogP contribution in [0.15, 0.2) is 0 Å². The van der Waals surface area contributed by atoms with E-state index in [1.807, 2.05) is 0 Å². The molecule has 0 spiro atoms. The van der Waals surface area contributed by atoms with Crippen molar-refractivity contribution in [3.63, 3.8) is 0 Å². The minimum atomic E-state index is -6.36. The van der Waals surface area contributed by atoms with Crippen molar-refractivity contribution in [3.8, 4) is 0 Å². The number of halogens is 7. The topological polar surface area (TPSA) is 51.2 Å². The lowest BCUT2D eigenvalue weighted by molar-refractivity contribution is -0.219. The molecule has 0 saturated heterocycles. The summed E-state index contributed by atoms with van der Waals surface area (Å²) in [7, 11) is -5.87. The molecule has 11 heteroatoms. The van der Waals surface area contributed by atoms with Gasteiger partial charge in [0, 0.05) is 6.26 Å². The smallest absolute Gasteiger partial charge is 0.282 e. The highest BCUT2D eigenvalue weighted by molar-refractivity contribution is 7.91. The van der Waals surface area contributed by atoms with Gasteiger partial charge in [-0.3, -0.25) is 4.79 Å². The average molecular weight is 276 g/mol. The van der Waals surface area contributed by atoms with E-state index in [2.05, 4.69) is 0 Å². The Morgan fingerprint density at radius 3 is 1.44 bits per heavy atom. The van der Waals surface area contributed by atoms with Crippen molar-refractivity contribution in [1.82, 2.24) is 0 Å². The van der Waals surface area contributed by atoms with Crippen LogP contribution in [0.4, 0.5) is 30.7 Å². The number of carbonyl (C=O) groups excluding carboxylic acids is 1. The van der Waals surface area contributed by atoms with Crippen molar-refractivity contribution in [2.75, 3.05) is 6.26 Å². The van der Waals surface area contributed by atoms with E-state index in [0.717, 1.165) is 0 Å². The maximum atomic E-state index is 12.4. The van der Waals surface area contributed by atoms with Crippen molar-refractivity contribution in [2.45, 2.75) is 17.4 Å². The highest BCUT2D eigenvalue weighted by Crippen LogP contribution is 2.42. The Hall–Kier alpha value is -0.870. The first kappa shape index (κ1) is 15.1. The summed E-state index contributed by atoms with van der Waals surface area (Å²) in [6.45, 7) is 0. The van der Waals surface area contributed by atoms with Gasteiger partial charge in [-0.15, -0.1) is 0 Å². The second kappa shape index (κ2) is 3.57. The normalized spacial score (nSPS) is 15.0. The molecule has 0 bridgehead atoms. The lowest BCUT2D eigenvalue weighted by atomic mass is 10.2. The van der Waals surface area contributed by atoms with E-state index >= 15 is 0 Å². The SMILES string of the molecule is CS(=O)(=O)C(F)(F)C(F)(F)C(=O)C(F)(F)F. The molecule has 0 amide bonds. The van der Waals surface area contributed by atoms with Gasteiger partial charge in [-0.2, -0.15) is 30.7 Å². The summed E-state index contributed by atoms with van der Waals surface area (Å²) >= 11 is 0. The average Bonchev–Trinajstić information content (AvgIpc) is 1.98. The molecule has 0 saturated carbocycles. The monoisotopic (exact) mass is 276 g/mol. The molecule has 0 rings (SSSR count). The molecule has 0 heterocycles. The first-order valence-electron chi connectivity index (χ1n) is 3.22. The van der Waals surface area contributed by atoms with Gasteiger partial charge in [0.05, 0.1) is 0 Å². The van der Waals surface area contributed by atoms with Crippen LogP contribution in [0.1, 0.15) is 0 Å². The van der Waals surface area contributed by atoms with E-state index in [1.54, 1.807) is 0 Å². The Morgan fingerprint density at radius 2 is 1.25 bits per heavy atom. The molecular weight excluding hydrogens is 273 g/mol. The van der Waals surface area contributed by atoms with E-state index in [0.29, 0.717) is 0 Å². The number of hydrogen-bond acceptors (Lipinski definition) is 3. The highest BCUT2D eigenvalue weighted by Gasteiger charge is 2.73. The molecule has 16 heavy (non-hydrogen) atoms. The molecule has 0 aromatic carbocycles. The minimum absolute atomic E-state index is 0.412. The fourth-order valence-electron chi connectivity index (χ4n) is 0.543. The maximum absolute atomic E-state index is 12.4. The van der Waals surface area contributed by atoms with Crippen molar-refractivity contribution in [3.05, 3.63) is 0 Å². The molecule has 96 valence electrons. The molecule has 3 nitrogen and oxygen atoms in total. The van der Waals surface area contributed by atoms with Gasteiger partial charge in [0.2, 0.25) is 9.84 Å². The van der Waals surface area contributed by atoms with Crippen LogP contribution in [0.2, 0.25) is 0 Å². The number of sulfone groups is 1. The van der Waals surface area contributed by atoms with Crippen LogP contribution in [0.25, 0.3) is 0 Å². The van der Waals surface area contributed by atoms with Gasteiger partial charge in [0.1, 0.15) is 0 Å². The van der Waals surface area contributed by atoms with Crippen molar-refractivity contribution >= 4 is 15.6 Å². The molecule has 0 radical (unpaired) electrons. The molecule has 0 unspecified atom stereocenters. The number of Topliss-reactive ketones (excluding diaryl/α,β-unsaturated/α-hetero) is 1. The fourth-order valence-corrected chi connectivity index (χ4v) is 1.10. The summed E-state index contributed by atoms with van der Waals surface area (Å²) < 4.78 is 105. The molecule has 0 aliphatic rings. The number of carbonyl (C=O) groups is 1. The summed E-state index contributed by atoms with van der Waals surface area (Å²) in [5, 5.41) is -6.12. The van der Waals surface area contributed by atoms with Crippen molar-refractivity contribution < 1.29 is 43.9 Å². The van der Waals surface area contributed by atoms with E-state index in [4.69, 9.17) is 0 Å². The Bertz CT molecular complexity index is 393. The van der Waals surface area contributed by atoms with Crippen LogP contribution in [-0.4, -0.2) is 37.8 Å². The van der Waals surface area contributed by atoms with Crippen LogP contribution in [0.3, 0.4) is 0 Å². The Morgan fingerprint density at radius 1 is 0.938 bits per heavy atom. The largest absolute Gasteiger partial charge is 0.456 e. The third-order valence-electron chi connectivity index (χ3n) is 1.37. The second-order valence-electron chi connectivity index (χ2n) is 2.69. The molecule has 0 aromatic rings. The number of alkyl halides is 7. The molecule has 0 aliphatic carbocycles. The van der Waals surface area contributed by atoms with Gasteiger partial charge in [0.25, 0.3) is 0 Å². The Kier molecular flexibility index (Phi) is 3.37. The zero-order chi connectivity index (χ0) is 13.6. The third kappa shape index (κ3) is 2.28. The number of rotatable bonds is 3. The van der Waals surface area contributed by atoms with Crippen molar-refractivity contribution in [2.24, 2.45) is 0 Å². The highest BCUT2D eigenvalue weighted by atomic mass is 32.2. The number of hydrogen-bond donors (Lipinski definition) is 0. The zero-order valence-electron chi connectivity index (χ0n) is 7.28. The first-order chi connectivity index (χ1) is 6.65. The summed E-state index contributed by atoms with van der Waals surface area (Å²) in [6, 6.07) is 0. The molecule has 0 fully saturated rings. The first-order valence-corrected chi connectivity index (χ1v) is 5.11. The quantitative estimate of drug-likeness (QED) is 0.732. The molecule has 0 N–H and O–H groups in total. The van der Waals surface area contributed by atoms with Crippen molar-refractivity contribution in [1.29, 1.82) is 0 Å². The van der Waals surface area contributed by atoms with E-state index < -0.39 is 39.2 Å². The standard InChI is InChI=1S/C5H3F7O3S/c1-16(14,15)5(11,12)3(6,7)2(13)4(8,9)10/h1H3.